The van der Waals surface area contributed by atoms with E-state index in [1.54, 1.807) is 20.2 Å². The van der Waals surface area contributed by atoms with Crippen LogP contribution in [0.2, 0.25) is 0 Å². The lowest BCUT2D eigenvalue weighted by molar-refractivity contribution is 0.0303. The summed E-state index contributed by atoms with van der Waals surface area (Å²) in [6.45, 7) is 8.10. The fourth-order valence-corrected chi connectivity index (χ4v) is 4.80. The van der Waals surface area contributed by atoms with Crippen molar-refractivity contribution in [2.45, 2.75) is 44.4 Å². The van der Waals surface area contributed by atoms with E-state index in [1.807, 2.05) is 35.2 Å². The van der Waals surface area contributed by atoms with Gasteiger partial charge in [-0.3, -0.25) is 4.79 Å². The first-order valence-electron chi connectivity index (χ1n) is 12.7. The molecule has 2 aromatic carbocycles. The van der Waals surface area contributed by atoms with Crippen LogP contribution in [0, 0.1) is 0 Å². The van der Waals surface area contributed by atoms with E-state index in [-0.39, 0.29) is 5.91 Å². The molecule has 9 heteroatoms. The Morgan fingerprint density at radius 3 is 2.22 bits per heavy atom. The number of anilines is 1. The molecule has 0 radical (unpaired) electrons. The molecule has 0 bridgehead atoms. The van der Waals surface area contributed by atoms with Crippen LogP contribution in [-0.2, 0) is 15.7 Å². The number of rotatable bonds is 13. The molecule has 2 aromatic rings. The highest BCUT2D eigenvalue weighted by atomic mass is 32.2. The molecule has 0 aliphatic carbocycles. The SMILES string of the molecule is CCCCN(CCCC)c1cc(Oc2ccc(OC)cc2)c(S(=O)NC)cc1C(=O)N1CCOCC1. The first-order chi connectivity index (χ1) is 17.5. The molecule has 1 saturated heterocycles. The number of nitrogens with zero attached hydrogens (tertiary/aromatic N) is 2. The van der Waals surface area contributed by atoms with Crippen molar-refractivity contribution in [3.8, 4) is 17.2 Å². The van der Waals surface area contributed by atoms with Gasteiger partial charge in [0.15, 0.2) is 0 Å². The molecule has 1 N–H and O–H groups in total. The molecule has 1 fully saturated rings. The van der Waals surface area contributed by atoms with Crippen molar-refractivity contribution in [3.63, 3.8) is 0 Å². The Morgan fingerprint density at radius 2 is 1.67 bits per heavy atom. The quantitative estimate of drug-likeness (QED) is 0.418. The Morgan fingerprint density at radius 1 is 1.06 bits per heavy atom. The van der Waals surface area contributed by atoms with E-state index in [9.17, 15) is 9.00 Å². The van der Waals surface area contributed by atoms with Crippen molar-refractivity contribution in [1.29, 1.82) is 0 Å². The first kappa shape index (κ1) is 28.0. The molecule has 0 spiro atoms. The van der Waals surface area contributed by atoms with Crippen LogP contribution in [-0.4, -0.2) is 68.6 Å². The zero-order chi connectivity index (χ0) is 25.9. The van der Waals surface area contributed by atoms with Gasteiger partial charge >= 0.3 is 0 Å². The van der Waals surface area contributed by atoms with Gasteiger partial charge in [-0.05, 0) is 50.2 Å². The van der Waals surface area contributed by atoms with Gasteiger partial charge in [-0.15, -0.1) is 0 Å². The molecule has 1 aliphatic heterocycles. The highest BCUT2D eigenvalue weighted by Gasteiger charge is 2.27. The Hall–Kier alpha value is -2.62. The maximum atomic E-state index is 13.7. The molecular formula is C27H39N3O5S. The number of amides is 1. The zero-order valence-electron chi connectivity index (χ0n) is 21.9. The molecule has 0 saturated carbocycles. The van der Waals surface area contributed by atoms with Crippen LogP contribution >= 0.6 is 0 Å². The normalized spacial score (nSPS) is 14.4. The summed E-state index contributed by atoms with van der Waals surface area (Å²) in [4.78, 5) is 18.3. The summed E-state index contributed by atoms with van der Waals surface area (Å²) in [7, 11) is 1.68. The molecular weight excluding hydrogens is 478 g/mol. The van der Waals surface area contributed by atoms with Gasteiger partial charge in [0.25, 0.3) is 5.91 Å². The molecule has 198 valence electrons. The Kier molecular flexibility index (Phi) is 11.0. The van der Waals surface area contributed by atoms with Gasteiger partial charge in [-0.1, -0.05) is 26.7 Å². The van der Waals surface area contributed by atoms with Gasteiger partial charge in [-0.25, -0.2) is 8.93 Å². The highest BCUT2D eigenvalue weighted by Crippen LogP contribution is 2.36. The Labute approximate surface area is 217 Å². The summed E-state index contributed by atoms with van der Waals surface area (Å²) in [6.07, 6.45) is 4.11. The number of unbranched alkanes of at least 4 members (excludes halogenated alkanes) is 2. The van der Waals surface area contributed by atoms with E-state index >= 15 is 0 Å². The smallest absolute Gasteiger partial charge is 0.256 e. The van der Waals surface area contributed by atoms with Gasteiger partial charge in [0.05, 0.1) is 36.5 Å². The van der Waals surface area contributed by atoms with E-state index < -0.39 is 11.0 Å². The molecule has 1 atom stereocenters. The fraction of sp³-hybridized carbons (Fsp3) is 0.519. The maximum absolute atomic E-state index is 13.7. The predicted octanol–water partition coefficient (Wildman–Crippen LogP) is 4.61. The van der Waals surface area contributed by atoms with Gasteiger partial charge in [-0.2, -0.15) is 0 Å². The van der Waals surface area contributed by atoms with Gasteiger partial charge in [0.2, 0.25) is 0 Å². The van der Waals surface area contributed by atoms with E-state index in [4.69, 9.17) is 14.2 Å². The number of methoxy groups -OCH3 is 1. The van der Waals surface area contributed by atoms with Crippen molar-refractivity contribution >= 4 is 22.6 Å². The second-order valence-corrected chi connectivity index (χ2v) is 10.1. The molecule has 1 aliphatic rings. The minimum Gasteiger partial charge on any atom is -0.497 e. The first-order valence-corrected chi connectivity index (χ1v) is 13.9. The summed E-state index contributed by atoms with van der Waals surface area (Å²) < 4.78 is 32.8. The molecule has 0 aromatic heterocycles. The number of carbonyl (C=O) groups is 1. The van der Waals surface area contributed by atoms with Crippen LogP contribution in [0.3, 0.4) is 0 Å². The molecule has 3 rings (SSSR count). The maximum Gasteiger partial charge on any atom is 0.256 e. The number of benzene rings is 2. The highest BCUT2D eigenvalue weighted by molar-refractivity contribution is 7.83. The number of carbonyl (C=O) groups excluding carboxylic acids is 1. The summed E-state index contributed by atoms with van der Waals surface area (Å²) in [5, 5.41) is 0. The molecule has 1 amide bonds. The van der Waals surface area contributed by atoms with E-state index in [0.717, 1.165) is 50.2 Å². The number of nitrogens with one attached hydrogen (secondary N) is 1. The van der Waals surface area contributed by atoms with Crippen LogP contribution < -0.4 is 19.1 Å². The van der Waals surface area contributed by atoms with Gasteiger partial charge < -0.3 is 24.0 Å². The molecule has 8 nitrogen and oxygen atoms in total. The minimum absolute atomic E-state index is 0.0725. The lowest BCUT2D eigenvalue weighted by atomic mass is 10.1. The average Bonchev–Trinajstić information content (AvgIpc) is 2.93. The van der Waals surface area contributed by atoms with E-state index in [2.05, 4.69) is 23.5 Å². The average molecular weight is 518 g/mol. The summed E-state index contributed by atoms with van der Waals surface area (Å²) in [6, 6.07) is 10.9. The molecule has 1 heterocycles. The predicted molar refractivity (Wildman–Crippen MR) is 144 cm³/mol. The van der Waals surface area contributed by atoms with Crippen molar-refractivity contribution < 1.29 is 23.2 Å². The topological polar surface area (TPSA) is 80.3 Å². The summed E-state index contributed by atoms with van der Waals surface area (Å²) in [5.74, 6) is 1.70. The summed E-state index contributed by atoms with van der Waals surface area (Å²) in [5.41, 5.74) is 1.36. The lowest BCUT2D eigenvalue weighted by Crippen LogP contribution is -2.41. The molecule has 1 unspecified atom stereocenters. The number of ether oxygens (including phenoxy) is 3. The number of morpholine rings is 1. The third-order valence-electron chi connectivity index (χ3n) is 6.17. The van der Waals surface area contributed by atoms with Crippen molar-refractivity contribution in [1.82, 2.24) is 9.62 Å². The number of hydrogen-bond donors (Lipinski definition) is 1. The van der Waals surface area contributed by atoms with Gasteiger partial charge in [0.1, 0.15) is 28.2 Å². The summed E-state index contributed by atoms with van der Waals surface area (Å²) >= 11 is 0. The van der Waals surface area contributed by atoms with Crippen LogP contribution in [0.5, 0.6) is 17.2 Å². The monoisotopic (exact) mass is 517 g/mol. The fourth-order valence-electron chi connectivity index (χ4n) is 4.07. The third-order valence-corrected chi connectivity index (χ3v) is 7.26. The Balaban J connectivity index is 2.12. The van der Waals surface area contributed by atoms with Crippen LogP contribution in [0.1, 0.15) is 49.9 Å². The standard InChI is InChI=1S/C27H39N3O5S/c1-5-7-13-29(14-8-6-2)24-20-25(35-22-11-9-21(33-4)10-12-22)26(36(32)28-3)19-23(24)27(31)30-15-17-34-18-16-30/h9-12,19-20,28H,5-8,13-18H2,1-4H3. The van der Waals surface area contributed by atoms with Gasteiger partial charge in [0, 0.05) is 32.2 Å². The van der Waals surface area contributed by atoms with Crippen LogP contribution in [0.15, 0.2) is 41.3 Å². The van der Waals surface area contributed by atoms with Crippen molar-refractivity contribution in [3.05, 3.63) is 42.0 Å². The van der Waals surface area contributed by atoms with Crippen LogP contribution in [0.4, 0.5) is 5.69 Å². The Bertz CT molecular complexity index is 1000. The number of hydrogen-bond acceptors (Lipinski definition) is 6. The second kappa shape index (κ2) is 14.2. The van der Waals surface area contributed by atoms with Crippen molar-refractivity contribution in [2.75, 3.05) is 58.5 Å². The lowest BCUT2D eigenvalue weighted by Gasteiger charge is -2.31. The van der Waals surface area contributed by atoms with Crippen LogP contribution in [0.25, 0.3) is 0 Å². The second-order valence-electron chi connectivity index (χ2n) is 8.67. The largest absolute Gasteiger partial charge is 0.497 e. The van der Waals surface area contributed by atoms with E-state index in [1.165, 1.54) is 0 Å². The van der Waals surface area contributed by atoms with Crippen molar-refractivity contribution in [2.24, 2.45) is 0 Å². The third kappa shape index (κ3) is 7.21. The minimum atomic E-state index is -1.56. The van der Waals surface area contributed by atoms with E-state index in [0.29, 0.717) is 48.3 Å². The molecule has 36 heavy (non-hydrogen) atoms. The zero-order valence-corrected chi connectivity index (χ0v) is 22.7.